The Labute approximate surface area is 166 Å². The summed E-state index contributed by atoms with van der Waals surface area (Å²) < 4.78 is 7.22. The van der Waals surface area contributed by atoms with Crippen LogP contribution in [-0.4, -0.2) is 33.5 Å². The van der Waals surface area contributed by atoms with Gasteiger partial charge in [0.1, 0.15) is 11.6 Å². The summed E-state index contributed by atoms with van der Waals surface area (Å²) in [5.41, 5.74) is 1.51. The maximum atomic E-state index is 12.4. The van der Waals surface area contributed by atoms with Gasteiger partial charge in [0.25, 0.3) is 0 Å². The highest BCUT2D eigenvalue weighted by Crippen LogP contribution is 2.28. The third-order valence-electron chi connectivity index (χ3n) is 3.80. The van der Waals surface area contributed by atoms with E-state index in [1.165, 1.54) is 11.8 Å². The molecule has 140 valence electrons. The van der Waals surface area contributed by atoms with Crippen molar-refractivity contribution in [3.05, 3.63) is 59.4 Å². The summed E-state index contributed by atoms with van der Waals surface area (Å²) in [6.07, 6.45) is 0.744. The number of aromatic nitrogens is 3. The molecule has 0 aliphatic rings. The zero-order valence-electron chi connectivity index (χ0n) is 15.0. The Morgan fingerprint density at radius 2 is 2.00 bits per heavy atom. The lowest BCUT2D eigenvalue weighted by Crippen LogP contribution is -2.15. The van der Waals surface area contributed by atoms with Gasteiger partial charge in [0.15, 0.2) is 5.16 Å². The lowest BCUT2D eigenvalue weighted by Gasteiger charge is -2.11. The van der Waals surface area contributed by atoms with Gasteiger partial charge in [-0.1, -0.05) is 48.5 Å². The summed E-state index contributed by atoms with van der Waals surface area (Å²) >= 11 is 7.33. The van der Waals surface area contributed by atoms with Crippen LogP contribution in [0.4, 0.5) is 5.69 Å². The van der Waals surface area contributed by atoms with Crippen LogP contribution in [0.2, 0.25) is 5.02 Å². The summed E-state index contributed by atoms with van der Waals surface area (Å²) in [4.78, 5) is 12.4. The van der Waals surface area contributed by atoms with E-state index in [2.05, 4.69) is 15.5 Å². The van der Waals surface area contributed by atoms with Crippen LogP contribution in [0, 0.1) is 0 Å². The lowest BCUT2D eigenvalue weighted by atomic mass is 10.3. The molecule has 6 nitrogen and oxygen atoms in total. The summed E-state index contributed by atoms with van der Waals surface area (Å²) in [5, 5.41) is 12.5. The van der Waals surface area contributed by atoms with Gasteiger partial charge in [0.05, 0.1) is 18.6 Å². The molecule has 1 heterocycles. The van der Waals surface area contributed by atoms with E-state index in [9.17, 15) is 4.79 Å². The summed E-state index contributed by atoms with van der Waals surface area (Å²) in [7, 11) is 1.54. The van der Waals surface area contributed by atoms with E-state index < -0.39 is 0 Å². The van der Waals surface area contributed by atoms with Gasteiger partial charge in [-0.2, -0.15) is 0 Å². The Balaban J connectivity index is 1.73. The maximum absolute atomic E-state index is 12.4. The smallest absolute Gasteiger partial charge is 0.234 e. The first-order valence-corrected chi connectivity index (χ1v) is 9.74. The first kappa shape index (κ1) is 19.3. The molecule has 1 N–H and O–H groups in total. The number of anilines is 1. The van der Waals surface area contributed by atoms with Gasteiger partial charge in [-0.25, -0.2) is 0 Å². The van der Waals surface area contributed by atoms with Crippen LogP contribution < -0.4 is 10.1 Å². The predicted molar refractivity (Wildman–Crippen MR) is 108 cm³/mol. The highest BCUT2D eigenvalue weighted by atomic mass is 35.5. The molecule has 27 heavy (non-hydrogen) atoms. The monoisotopic (exact) mass is 402 g/mol. The number of ether oxygens (including phenoxy) is 1. The molecule has 0 radical (unpaired) electrons. The molecule has 0 fully saturated rings. The van der Waals surface area contributed by atoms with Crippen LogP contribution in [0.3, 0.4) is 0 Å². The van der Waals surface area contributed by atoms with E-state index in [0.29, 0.717) is 21.6 Å². The molecule has 0 unspecified atom stereocenters. The molecule has 3 rings (SSSR count). The van der Waals surface area contributed by atoms with Gasteiger partial charge in [-0.05, 0) is 30.3 Å². The highest BCUT2D eigenvalue weighted by Gasteiger charge is 2.15. The average molecular weight is 403 g/mol. The maximum Gasteiger partial charge on any atom is 0.234 e. The number of nitrogens with one attached hydrogen (secondary N) is 1. The molecule has 0 saturated heterocycles. The number of amides is 1. The van der Waals surface area contributed by atoms with Crippen molar-refractivity contribution >= 4 is 35.0 Å². The molecule has 3 aromatic rings. The number of benzene rings is 2. The van der Waals surface area contributed by atoms with E-state index in [1.54, 1.807) is 25.3 Å². The zero-order chi connectivity index (χ0) is 19.2. The SMILES string of the molecule is CCc1nnc(SCC(=O)Nc2cc(Cl)ccc2OC)n1-c1ccccc1. The molecule has 0 aliphatic heterocycles. The molecule has 0 aliphatic carbocycles. The van der Waals surface area contributed by atoms with Crippen LogP contribution in [0.15, 0.2) is 53.7 Å². The fraction of sp³-hybridized carbons (Fsp3) is 0.211. The molecule has 8 heteroatoms. The van der Waals surface area contributed by atoms with Crippen molar-refractivity contribution in [3.8, 4) is 11.4 Å². The van der Waals surface area contributed by atoms with Crippen molar-refractivity contribution in [2.45, 2.75) is 18.5 Å². The van der Waals surface area contributed by atoms with Crippen LogP contribution >= 0.6 is 23.4 Å². The molecule has 0 atom stereocenters. The predicted octanol–water partition coefficient (Wildman–Crippen LogP) is 4.22. The van der Waals surface area contributed by atoms with Crippen molar-refractivity contribution < 1.29 is 9.53 Å². The van der Waals surface area contributed by atoms with E-state index in [4.69, 9.17) is 16.3 Å². The third-order valence-corrected chi connectivity index (χ3v) is 4.96. The fourth-order valence-electron chi connectivity index (χ4n) is 2.55. The Morgan fingerprint density at radius 1 is 1.22 bits per heavy atom. The van der Waals surface area contributed by atoms with Gasteiger partial charge in [-0.3, -0.25) is 9.36 Å². The van der Waals surface area contributed by atoms with Gasteiger partial charge < -0.3 is 10.1 Å². The highest BCUT2D eigenvalue weighted by molar-refractivity contribution is 7.99. The first-order valence-electron chi connectivity index (χ1n) is 8.38. The van der Waals surface area contributed by atoms with E-state index in [-0.39, 0.29) is 11.7 Å². The minimum absolute atomic E-state index is 0.179. The topological polar surface area (TPSA) is 69.0 Å². The number of aryl methyl sites for hydroxylation is 1. The number of nitrogens with zero attached hydrogens (tertiary/aromatic N) is 3. The van der Waals surface area contributed by atoms with Gasteiger partial charge >= 0.3 is 0 Å². The minimum atomic E-state index is -0.179. The first-order chi connectivity index (χ1) is 13.1. The molecule has 0 spiro atoms. The summed E-state index contributed by atoms with van der Waals surface area (Å²) in [6.45, 7) is 2.02. The largest absolute Gasteiger partial charge is 0.495 e. The molecule has 1 amide bonds. The minimum Gasteiger partial charge on any atom is -0.495 e. The standard InChI is InChI=1S/C19H19ClN4O2S/c1-3-17-22-23-19(24(17)14-7-5-4-6-8-14)27-12-18(25)21-15-11-13(20)9-10-16(15)26-2/h4-11H,3,12H2,1-2H3,(H,21,25). The fourth-order valence-corrected chi connectivity index (χ4v) is 3.50. The van der Waals surface area contributed by atoms with Crippen LogP contribution in [0.1, 0.15) is 12.7 Å². The van der Waals surface area contributed by atoms with Crippen molar-refractivity contribution in [1.29, 1.82) is 0 Å². The number of halogens is 1. The molecular weight excluding hydrogens is 384 g/mol. The lowest BCUT2D eigenvalue weighted by molar-refractivity contribution is -0.113. The number of hydrogen-bond donors (Lipinski definition) is 1. The van der Waals surface area contributed by atoms with Crippen molar-refractivity contribution in [3.63, 3.8) is 0 Å². The zero-order valence-corrected chi connectivity index (χ0v) is 16.5. The summed E-state index contributed by atoms with van der Waals surface area (Å²) in [6, 6.07) is 14.9. The molecule has 0 saturated carbocycles. The van der Waals surface area contributed by atoms with Crippen molar-refractivity contribution in [2.75, 3.05) is 18.2 Å². The Hall–Kier alpha value is -2.51. The van der Waals surface area contributed by atoms with Gasteiger partial charge in [0.2, 0.25) is 5.91 Å². The number of thioether (sulfide) groups is 1. The van der Waals surface area contributed by atoms with E-state index >= 15 is 0 Å². The number of hydrogen-bond acceptors (Lipinski definition) is 5. The number of para-hydroxylation sites is 1. The number of carbonyl (C=O) groups excluding carboxylic acids is 1. The Kier molecular flexibility index (Phi) is 6.36. The van der Waals surface area contributed by atoms with Crippen molar-refractivity contribution in [2.24, 2.45) is 0 Å². The quantitative estimate of drug-likeness (QED) is 0.599. The number of methoxy groups -OCH3 is 1. The number of carbonyl (C=O) groups is 1. The molecule has 0 bridgehead atoms. The normalized spacial score (nSPS) is 10.6. The second-order valence-corrected chi connectivity index (χ2v) is 6.98. The Bertz CT molecular complexity index is 931. The third kappa shape index (κ3) is 4.61. The average Bonchev–Trinajstić information content (AvgIpc) is 3.10. The van der Waals surface area contributed by atoms with Crippen molar-refractivity contribution in [1.82, 2.24) is 14.8 Å². The van der Waals surface area contributed by atoms with Gasteiger partial charge in [0, 0.05) is 17.1 Å². The summed E-state index contributed by atoms with van der Waals surface area (Å²) in [5.74, 6) is 1.41. The van der Waals surface area contributed by atoms with E-state index in [1.807, 2.05) is 41.8 Å². The second kappa shape index (κ2) is 8.92. The van der Waals surface area contributed by atoms with Gasteiger partial charge in [-0.15, -0.1) is 10.2 Å². The molecule has 1 aromatic heterocycles. The second-order valence-electron chi connectivity index (χ2n) is 5.60. The van der Waals surface area contributed by atoms with Crippen LogP contribution in [0.5, 0.6) is 5.75 Å². The Morgan fingerprint density at radius 3 is 2.70 bits per heavy atom. The van der Waals surface area contributed by atoms with Crippen LogP contribution in [-0.2, 0) is 11.2 Å². The van der Waals surface area contributed by atoms with E-state index in [0.717, 1.165) is 17.9 Å². The molecule has 2 aromatic carbocycles. The number of rotatable bonds is 7. The van der Waals surface area contributed by atoms with Crippen LogP contribution in [0.25, 0.3) is 5.69 Å². The molecular formula is C19H19ClN4O2S.